The third-order valence-electron chi connectivity index (χ3n) is 8.42. The van der Waals surface area contributed by atoms with Gasteiger partial charge in [0.25, 0.3) is 0 Å². The molecular formula is C30H31F2N5O2S2. The average Bonchev–Trinajstić information content (AvgIpc) is 3.60. The number of nitrogens with one attached hydrogen (secondary N) is 2. The standard InChI is InChI=1S/C30H31F2N5O2S2/c31-21-5-1-20(2-6-21)29-35-26(24-10-7-22(32)17-25(24)28(38)36-30(18-33)11-12-30)27(40-29)19-3-8-23(9-4-19)37-13-15-41(34,39)16-14-37/h1-6,8-9,22,24-25,34H,7,10-17H2,(H,36,38). The number of halogens is 2. The summed E-state index contributed by atoms with van der Waals surface area (Å²) in [4.78, 5) is 21.4. The van der Waals surface area contributed by atoms with E-state index in [1.165, 1.54) is 23.5 Å². The topological polar surface area (TPSA) is 110 Å². The number of rotatable bonds is 6. The smallest absolute Gasteiger partial charge is 0.225 e. The second-order valence-electron chi connectivity index (χ2n) is 11.3. The fraction of sp³-hybridized carbons (Fsp3) is 0.433. The first kappa shape index (κ1) is 27.8. The molecule has 0 spiro atoms. The van der Waals surface area contributed by atoms with Crippen molar-refractivity contribution in [2.45, 2.75) is 49.7 Å². The van der Waals surface area contributed by atoms with Crippen LogP contribution in [0.3, 0.4) is 0 Å². The first-order chi connectivity index (χ1) is 19.7. The zero-order valence-electron chi connectivity index (χ0n) is 22.4. The highest BCUT2D eigenvalue weighted by atomic mass is 32.2. The molecule has 1 amide bonds. The van der Waals surface area contributed by atoms with E-state index < -0.39 is 27.4 Å². The summed E-state index contributed by atoms with van der Waals surface area (Å²) in [6, 6.07) is 16.3. The molecule has 2 heterocycles. The minimum absolute atomic E-state index is 0.0773. The molecule has 1 aliphatic heterocycles. The van der Waals surface area contributed by atoms with Crippen LogP contribution in [-0.2, 0) is 14.5 Å². The van der Waals surface area contributed by atoms with E-state index in [0.717, 1.165) is 27.4 Å². The molecule has 3 unspecified atom stereocenters. The minimum Gasteiger partial charge on any atom is -0.370 e. The molecule has 41 heavy (non-hydrogen) atoms. The highest BCUT2D eigenvalue weighted by Crippen LogP contribution is 2.47. The van der Waals surface area contributed by atoms with Crippen molar-refractivity contribution in [1.29, 1.82) is 10.0 Å². The second kappa shape index (κ2) is 10.8. The molecule has 11 heteroatoms. The predicted octanol–water partition coefficient (Wildman–Crippen LogP) is 5.88. The van der Waals surface area contributed by atoms with Gasteiger partial charge in [-0.1, -0.05) is 12.1 Å². The molecule has 0 radical (unpaired) electrons. The number of carbonyl (C=O) groups is 1. The number of hydrogen-bond acceptors (Lipinski definition) is 7. The quantitative estimate of drug-likeness (QED) is 0.370. The van der Waals surface area contributed by atoms with Gasteiger partial charge in [-0.25, -0.2) is 18.0 Å². The molecule has 3 aliphatic rings. The van der Waals surface area contributed by atoms with Crippen LogP contribution in [0.4, 0.5) is 14.5 Å². The molecule has 2 aliphatic carbocycles. The van der Waals surface area contributed by atoms with Crippen LogP contribution in [0.25, 0.3) is 21.0 Å². The summed E-state index contributed by atoms with van der Waals surface area (Å²) in [7, 11) is -2.49. The first-order valence-electron chi connectivity index (χ1n) is 13.9. The maximum absolute atomic E-state index is 14.7. The van der Waals surface area contributed by atoms with E-state index in [9.17, 15) is 23.0 Å². The minimum atomic E-state index is -2.49. The molecule has 3 fully saturated rings. The predicted molar refractivity (Wildman–Crippen MR) is 156 cm³/mol. The molecule has 2 aromatic carbocycles. The molecule has 2 saturated carbocycles. The van der Waals surface area contributed by atoms with E-state index in [1.54, 1.807) is 12.1 Å². The van der Waals surface area contributed by atoms with Crippen molar-refractivity contribution in [2.75, 3.05) is 29.5 Å². The summed E-state index contributed by atoms with van der Waals surface area (Å²) in [5.41, 5.74) is 2.53. The molecule has 3 aromatic rings. The third-order valence-corrected chi connectivity index (χ3v) is 11.3. The van der Waals surface area contributed by atoms with Crippen LogP contribution in [0.2, 0.25) is 0 Å². The highest BCUT2D eigenvalue weighted by Gasteiger charge is 2.48. The lowest BCUT2D eigenvalue weighted by Gasteiger charge is -2.32. The van der Waals surface area contributed by atoms with E-state index in [-0.39, 0.29) is 24.1 Å². The lowest BCUT2D eigenvalue weighted by Crippen LogP contribution is -2.44. The van der Waals surface area contributed by atoms with Crippen molar-refractivity contribution in [3.8, 4) is 27.1 Å². The van der Waals surface area contributed by atoms with Gasteiger partial charge in [0.1, 0.15) is 22.5 Å². The van der Waals surface area contributed by atoms with E-state index in [1.807, 2.05) is 24.3 Å². The number of alkyl halides is 1. The second-order valence-corrected chi connectivity index (χ2v) is 14.7. The van der Waals surface area contributed by atoms with Gasteiger partial charge in [-0.3, -0.25) is 9.57 Å². The number of nitriles is 1. The molecule has 6 rings (SSSR count). The molecule has 1 saturated heterocycles. The summed E-state index contributed by atoms with van der Waals surface area (Å²) in [6.45, 7) is 1.13. The number of benzene rings is 2. The third kappa shape index (κ3) is 5.86. The Bertz CT molecular complexity index is 1580. The van der Waals surface area contributed by atoms with Crippen LogP contribution in [-0.4, -0.2) is 51.4 Å². The van der Waals surface area contributed by atoms with Crippen LogP contribution in [0.5, 0.6) is 0 Å². The van der Waals surface area contributed by atoms with Gasteiger partial charge >= 0.3 is 0 Å². The van der Waals surface area contributed by atoms with Crippen molar-refractivity contribution < 1.29 is 17.8 Å². The largest absolute Gasteiger partial charge is 0.370 e. The average molecular weight is 596 g/mol. The summed E-state index contributed by atoms with van der Waals surface area (Å²) in [6.07, 6.45) is 0.966. The molecule has 1 aromatic heterocycles. The van der Waals surface area contributed by atoms with E-state index >= 15 is 0 Å². The van der Waals surface area contributed by atoms with Crippen molar-refractivity contribution >= 4 is 32.7 Å². The lowest BCUT2D eigenvalue weighted by atomic mass is 9.75. The Kier molecular flexibility index (Phi) is 7.32. The summed E-state index contributed by atoms with van der Waals surface area (Å²) in [5, 5.41) is 13.1. The normalized spacial score (nSPS) is 24.8. The van der Waals surface area contributed by atoms with Crippen molar-refractivity contribution in [3.63, 3.8) is 0 Å². The van der Waals surface area contributed by atoms with Crippen LogP contribution in [0, 0.1) is 27.8 Å². The highest BCUT2D eigenvalue weighted by molar-refractivity contribution is 7.92. The Hall–Kier alpha value is -3.36. The number of nitrogens with zero attached hydrogens (tertiary/aromatic N) is 3. The SMILES string of the molecule is N#CC1(NC(=O)C2CC(F)CCC2c2nc(-c3ccc(F)cc3)sc2-c2ccc(N3CCS(=N)(=O)CC3)cc2)CC1. The van der Waals surface area contributed by atoms with Crippen molar-refractivity contribution in [3.05, 3.63) is 60.0 Å². The number of anilines is 1. The number of hydrogen-bond donors (Lipinski definition) is 2. The number of aromatic nitrogens is 1. The van der Waals surface area contributed by atoms with Crippen molar-refractivity contribution in [1.82, 2.24) is 10.3 Å². The van der Waals surface area contributed by atoms with Gasteiger partial charge in [0.2, 0.25) is 5.91 Å². The Morgan fingerprint density at radius 2 is 1.76 bits per heavy atom. The van der Waals surface area contributed by atoms with Crippen molar-refractivity contribution in [2.24, 2.45) is 5.92 Å². The molecule has 0 bridgehead atoms. The monoisotopic (exact) mass is 595 g/mol. The zero-order chi connectivity index (χ0) is 28.8. The van der Waals surface area contributed by atoms with E-state index in [2.05, 4.69) is 16.3 Å². The molecule has 2 N–H and O–H groups in total. The maximum atomic E-state index is 14.7. The van der Waals surface area contributed by atoms with Gasteiger partial charge in [0, 0.05) is 57.4 Å². The summed E-state index contributed by atoms with van der Waals surface area (Å²) < 4.78 is 48.3. The number of amides is 1. The lowest BCUT2D eigenvalue weighted by molar-refractivity contribution is -0.128. The van der Waals surface area contributed by atoms with Gasteiger partial charge in [-0.2, -0.15) is 5.26 Å². The number of thiazole rings is 1. The maximum Gasteiger partial charge on any atom is 0.225 e. The molecule has 7 nitrogen and oxygen atoms in total. The van der Waals surface area contributed by atoms with Gasteiger partial charge < -0.3 is 10.2 Å². The fourth-order valence-corrected chi connectivity index (χ4v) is 8.15. The van der Waals surface area contributed by atoms with Crippen LogP contribution in [0.1, 0.15) is 43.7 Å². The Balaban J connectivity index is 1.36. The van der Waals surface area contributed by atoms with Crippen LogP contribution < -0.4 is 10.2 Å². The first-order valence-corrected chi connectivity index (χ1v) is 16.6. The summed E-state index contributed by atoms with van der Waals surface area (Å²) >= 11 is 1.46. The molecule has 214 valence electrons. The van der Waals surface area contributed by atoms with Crippen LogP contribution in [0.15, 0.2) is 48.5 Å². The van der Waals surface area contributed by atoms with E-state index in [0.29, 0.717) is 55.3 Å². The van der Waals surface area contributed by atoms with Gasteiger partial charge in [-0.05, 0) is 74.1 Å². The zero-order valence-corrected chi connectivity index (χ0v) is 24.1. The van der Waals surface area contributed by atoms with E-state index in [4.69, 9.17) is 9.76 Å². The van der Waals surface area contributed by atoms with Gasteiger partial charge in [-0.15, -0.1) is 11.3 Å². The van der Waals surface area contributed by atoms with Gasteiger partial charge in [0.15, 0.2) is 0 Å². The Morgan fingerprint density at radius 3 is 2.39 bits per heavy atom. The summed E-state index contributed by atoms with van der Waals surface area (Å²) in [5.74, 6) is -0.928. The fourth-order valence-electron chi connectivity index (χ4n) is 5.77. The number of carbonyl (C=O) groups excluding carboxylic acids is 1. The Labute approximate surface area is 242 Å². The molecular weight excluding hydrogens is 564 g/mol. The Morgan fingerprint density at radius 1 is 1.10 bits per heavy atom. The van der Waals surface area contributed by atoms with Crippen LogP contribution >= 0.6 is 11.3 Å². The van der Waals surface area contributed by atoms with Gasteiger partial charge in [0.05, 0.1) is 16.6 Å². The molecule has 3 atom stereocenters.